The fraction of sp³-hybridized carbons (Fsp3) is 0.471. The zero-order valence-electron chi connectivity index (χ0n) is 14.9. The molecule has 0 aliphatic carbocycles. The van der Waals surface area contributed by atoms with Gasteiger partial charge in [-0.2, -0.15) is 0 Å². The van der Waals surface area contributed by atoms with Gasteiger partial charge < -0.3 is 15.4 Å². The molecule has 8 heteroatoms. The lowest BCUT2D eigenvalue weighted by Gasteiger charge is -2.11. The third-order valence-corrected chi connectivity index (χ3v) is 4.21. The number of pyridine rings is 1. The molecular formula is C17H26IN5OS. The summed E-state index contributed by atoms with van der Waals surface area (Å²) in [5, 5.41) is 7.72. The van der Waals surface area contributed by atoms with Crippen LogP contribution in [-0.4, -0.2) is 36.1 Å². The summed E-state index contributed by atoms with van der Waals surface area (Å²) in [6, 6.07) is 3.91. The van der Waals surface area contributed by atoms with Gasteiger partial charge in [0.15, 0.2) is 5.96 Å². The van der Waals surface area contributed by atoms with Gasteiger partial charge in [-0.05, 0) is 18.9 Å². The highest BCUT2D eigenvalue weighted by Gasteiger charge is 2.02. The van der Waals surface area contributed by atoms with E-state index < -0.39 is 0 Å². The normalized spacial score (nSPS) is 10.9. The van der Waals surface area contributed by atoms with Gasteiger partial charge in [0.1, 0.15) is 0 Å². The topological polar surface area (TPSA) is 71.4 Å². The highest BCUT2D eigenvalue weighted by atomic mass is 127. The zero-order chi connectivity index (χ0) is 17.2. The van der Waals surface area contributed by atoms with Crippen LogP contribution >= 0.6 is 35.3 Å². The maximum absolute atomic E-state index is 5.48. The number of aromatic nitrogens is 2. The Hall–Kier alpha value is -1.42. The Morgan fingerprint density at radius 1 is 1.24 bits per heavy atom. The molecule has 2 aromatic rings. The first kappa shape index (κ1) is 21.6. The smallest absolute Gasteiger partial charge is 0.213 e. The summed E-state index contributed by atoms with van der Waals surface area (Å²) in [6.07, 6.45) is 5.61. The monoisotopic (exact) mass is 475 g/mol. The van der Waals surface area contributed by atoms with Crippen LogP contribution in [0.1, 0.15) is 28.8 Å². The quantitative estimate of drug-likeness (QED) is 0.349. The minimum absolute atomic E-state index is 0. The summed E-state index contributed by atoms with van der Waals surface area (Å²) in [4.78, 5) is 14.1. The maximum atomic E-state index is 5.48. The number of rotatable bonds is 8. The molecule has 2 N–H and O–H groups in total. The van der Waals surface area contributed by atoms with Gasteiger partial charge in [-0.15, -0.1) is 35.3 Å². The van der Waals surface area contributed by atoms with E-state index in [2.05, 4.69) is 39.4 Å². The fourth-order valence-electron chi connectivity index (χ4n) is 2.02. The first-order valence-electron chi connectivity index (χ1n) is 8.14. The molecular weight excluding hydrogens is 449 g/mol. The number of nitrogens with zero attached hydrogens (tertiary/aromatic N) is 3. The van der Waals surface area contributed by atoms with Crippen molar-refractivity contribution in [2.45, 2.75) is 33.2 Å². The molecule has 0 fully saturated rings. The Kier molecular flexibility index (Phi) is 10.4. The van der Waals surface area contributed by atoms with Crippen molar-refractivity contribution in [1.29, 1.82) is 0 Å². The molecule has 0 aromatic carbocycles. The van der Waals surface area contributed by atoms with Gasteiger partial charge in [-0.1, -0.05) is 13.0 Å². The number of nitrogens with one attached hydrogen (secondary N) is 2. The molecule has 2 rings (SSSR count). The van der Waals surface area contributed by atoms with Gasteiger partial charge >= 0.3 is 0 Å². The van der Waals surface area contributed by atoms with Crippen molar-refractivity contribution >= 4 is 41.3 Å². The lowest BCUT2D eigenvalue weighted by molar-refractivity contribution is 0.305. The van der Waals surface area contributed by atoms with Crippen molar-refractivity contribution in [3.63, 3.8) is 0 Å². The predicted molar refractivity (Wildman–Crippen MR) is 114 cm³/mol. The molecule has 2 aromatic heterocycles. The molecule has 0 aliphatic rings. The number of aryl methyl sites for hydroxylation is 1. The minimum atomic E-state index is 0. The average molecular weight is 475 g/mol. The summed E-state index contributed by atoms with van der Waals surface area (Å²) in [5.74, 6) is 1.44. The largest absolute Gasteiger partial charge is 0.478 e. The standard InChI is InChI=1S/C17H25N5OS.HI/c1-4-9-23-15-6-5-14(11-20-15)12-22-17(18-3)19-8-7-16-21-10-13(2)24-16;/h5-6,10-11H,4,7-9,12H2,1-3H3,(H2,18,19,22);1H. The number of halogens is 1. The number of hydrogen-bond donors (Lipinski definition) is 2. The maximum Gasteiger partial charge on any atom is 0.213 e. The van der Waals surface area contributed by atoms with Crippen molar-refractivity contribution < 1.29 is 4.74 Å². The van der Waals surface area contributed by atoms with Crippen molar-refractivity contribution in [2.75, 3.05) is 20.2 Å². The van der Waals surface area contributed by atoms with E-state index in [0.717, 1.165) is 35.9 Å². The highest BCUT2D eigenvalue weighted by molar-refractivity contribution is 14.0. The summed E-state index contributed by atoms with van der Waals surface area (Å²) in [5.41, 5.74) is 1.08. The number of guanidine groups is 1. The molecule has 0 saturated heterocycles. The van der Waals surface area contributed by atoms with Crippen LogP contribution < -0.4 is 15.4 Å². The van der Waals surface area contributed by atoms with E-state index >= 15 is 0 Å². The SMILES string of the molecule is CCCOc1ccc(CNC(=NC)NCCc2ncc(C)s2)cn1.I. The number of hydrogen-bond acceptors (Lipinski definition) is 5. The predicted octanol–water partition coefficient (Wildman–Crippen LogP) is 3.16. The van der Waals surface area contributed by atoms with Crippen LogP contribution in [-0.2, 0) is 13.0 Å². The Balaban J connectivity index is 0.00000312. The lowest BCUT2D eigenvalue weighted by atomic mass is 10.3. The van der Waals surface area contributed by atoms with E-state index in [1.54, 1.807) is 18.4 Å². The van der Waals surface area contributed by atoms with E-state index in [-0.39, 0.29) is 24.0 Å². The van der Waals surface area contributed by atoms with Crippen LogP contribution in [0.25, 0.3) is 0 Å². The van der Waals surface area contributed by atoms with Crippen molar-refractivity contribution in [1.82, 2.24) is 20.6 Å². The van der Waals surface area contributed by atoms with Gasteiger partial charge in [0.25, 0.3) is 0 Å². The molecule has 0 atom stereocenters. The molecule has 0 spiro atoms. The van der Waals surface area contributed by atoms with E-state index in [4.69, 9.17) is 4.74 Å². The molecule has 0 amide bonds. The molecule has 0 unspecified atom stereocenters. The summed E-state index contributed by atoms with van der Waals surface area (Å²) in [6.45, 7) is 6.31. The Bertz CT molecular complexity index is 645. The molecule has 0 bridgehead atoms. The van der Waals surface area contributed by atoms with E-state index in [0.29, 0.717) is 19.0 Å². The molecule has 2 heterocycles. The van der Waals surface area contributed by atoms with Crippen LogP contribution in [0.3, 0.4) is 0 Å². The summed E-state index contributed by atoms with van der Waals surface area (Å²) < 4.78 is 5.48. The average Bonchev–Trinajstić information content (AvgIpc) is 3.02. The van der Waals surface area contributed by atoms with Crippen LogP contribution in [0.15, 0.2) is 29.5 Å². The lowest BCUT2D eigenvalue weighted by Crippen LogP contribution is -2.37. The molecule has 6 nitrogen and oxygen atoms in total. The Morgan fingerprint density at radius 2 is 2.08 bits per heavy atom. The van der Waals surface area contributed by atoms with E-state index in [9.17, 15) is 0 Å². The molecule has 0 aliphatic heterocycles. The Labute approximate surface area is 170 Å². The molecule has 0 saturated carbocycles. The van der Waals surface area contributed by atoms with Crippen molar-refractivity contribution in [3.05, 3.63) is 40.0 Å². The van der Waals surface area contributed by atoms with E-state index in [1.807, 2.05) is 24.5 Å². The van der Waals surface area contributed by atoms with Gasteiger partial charge in [0.05, 0.1) is 11.6 Å². The second-order valence-electron chi connectivity index (χ2n) is 5.32. The van der Waals surface area contributed by atoms with Gasteiger partial charge in [-0.3, -0.25) is 4.99 Å². The fourth-order valence-corrected chi connectivity index (χ4v) is 2.81. The third kappa shape index (κ3) is 8.00. The van der Waals surface area contributed by atoms with Gasteiger partial charge in [-0.25, -0.2) is 9.97 Å². The van der Waals surface area contributed by atoms with Crippen LogP contribution in [0.5, 0.6) is 5.88 Å². The molecule has 138 valence electrons. The van der Waals surface area contributed by atoms with Crippen molar-refractivity contribution in [3.8, 4) is 5.88 Å². The molecule has 25 heavy (non-hydrogen) atoms. The van der Waals surface area contributed by atoms with Gasteiger partial charge in [0.2, 0.25) is 5.88 Å². The number of thiazole rings is 1. The second kappa shape index (κ2) is 12.0. The van der Waals surface area contributed by atoms with Crippen LogP contribution in [0.4, 0.5) is 0 Å². The first-order valence-corrected chi connectivity index (χ1v) is 8.96. The van der Waals surface area contributed by atoms with Crippen LogP contribution in [0, 0.1) is 6.92 Å². The van der Waals surface area contributed by atoms with Gasteiger partial charge in [0, 0.05) is 49.9 Å². The highest BCUT2D eigenvalue weighted by Crippen LogP contribution is 2.11. The van der Waals surface area contributed by atoms with E-state index in [1.165, 1.54) is 4.88 Å². The second-order valence-corrected chi connectivity index (χ2v) is 6.64. The number of aliphatic imine (C=N–C) groups is 1. The summed E-state index contributed by atoms with van der Waals surface area (Å²) >= 11 is 1.73. The van der Waals surface area contributed by atoms with Crippen LogP contribution in [0.2, 0.25) is 0 Å². The van der Waals surface area contributed by atoms with Crippen molar-refractivity contribution in [2.24, 2.45) is 4.99 Å². The summed E-state index contributed by atoms with van der Waals surface area (Å²) in [7, 11) is 1.77. The first-order chi connectivity index (χ1) is 11.7. The Morgan fingerprint density at radius 3 is 2.68 bits per heavy atom. The zero-order valence-corrected chi connectivity index (χ0v) is 18.1. The molecule has 0 radical (unpaired) electrons. The number of ether oxygens (including phenoxy) is 1. The third-order valence-electron chi connectivity index (χ3n) is 3.24. The minimum Gasteiger partial charge on any atom is -0.478 e.